The highest BCUT2D eigenvalue weighted by Crippen LogP contribution is 2.34. The molecule has 3 aromatic rings. The predicted octanol–water partition coefficient (Wildman–Crippen LogP) is 1.25. The van der Waals surface area contributed by atoms with Crippen LogP contribution in [-0.2, 0) is 11.3 Å². The van der Waals surface area contributed by atoms with Crippen LogP contribution in [0.3, 0.4) is 0 Å². The fraction of sp³-hybridized carbons (Fsp3) is 0.368. The van der Waals surface area contributed by atoms with Crippen LogP contribution in [0.2, 0.25) is 0 Å². The summed E-state index contributed by atoms with van der Waals surface area (Å²) in [5.74, 6) is 1.93. The summed E-state index contributed by atoms with van der Waals surface area (Å²) in [6.07, 6.45) is 5.15. The van der Waals surface area contributed by atoms with E-state index in [-0.39, 0.29) is 25.0 Å². The third-order valence-electron chi connectivity index (χ3n) is 5.07. The number of ether oxygens (including phenoxy) is 2. The highest BCUT2D eigenvalue weighted by molar-refractivity contribution is 5.90. The van der Waals surface area contributed by atoms with Gasteiger partial charge in [-0.25, -0.2) is 13.9 Å². The molecule has 1 N–H and O–H groups in total. The van der Waals surface area contributed by atoms with Gasteiger partial charge in [-0.3, -0.25) is 4.79 Å². The first-order chi connectivity index (χ1) is 14.2. The van der Waals surface area contributed by atoms with Gasteiger partial charge in [0.25, 0.3) is 5.78 Å². The first kappa shape index (κ1) is 17.5. The smallest absolute Gasteiger partial charge is 0.352 e. The van der Waals surface area contributed by atoms with Gasteiger partial charge in [0.2, 0.25) is 12.7 Å². The van der Waals surface area contributed by atoms with Crippen molar-refractivity contribution in [3.63, 3.8) is 0 Å². The molecule has 0 atom stereocenters. The van der Waals surface area contributed by atoms with E-state index in [1.807, 2.05) is 6.07 Å². The Kier molecular flexibility index (Phi) is 4.30. The van der Waals surface area contributed by atoms with E-state index in [1.54, 1.807) is 24.4 Å². The summed E-state index contributed by atoms with van der Waals surface area (Å²) in [5, 5.41) is 6.97. The van der Waals surface area contributed by atoms with Gasteiger partial charge in [-0.15, -0.1) is 5.10 Å². The van der Waals surface area contributed by atoms with Crippen LogP contribution in [0.4, 0.5) is 11.5 Å². The van der Waals surface area contributed by atoms with E-state index >= 15 is 0 Å². The Hall–Kier alpha value is -3.56. The minimum Gasteiger partial charge on any atom is -0.454 e. The van der Waals surface area contributed by atoms with E-state index in [1.165, 1.54) is 10.8 Å². The molecule has 2 aliphatic rings. The maximum absolute atomic E-state index is 12.6. The predicted molar refractivity (Wildman–Crippen MR) is 105 cm³/mol. The first-order valence-corrected chi connectivity index (χ1v) is 9.58. The van der Waals surface area contributed by atoms with Gasteiger partial charge in [-0.1, -0.05) is 0 Å². The number of amides is 1. The number of hydrogen-bond acceptors (Lipinski definition) is 7. The third-order valence-corrected chi connectivity index (χ3v) is 5.07. The highest BCUT2D eigenvalue weighted by Gasteiger charge is 2.17. The number of carbonyl (C=O) groups is 1. The van der Waals surface area contributed by atoms with Gasteiger partial charge >= 0.3 is 5.69 Å². The number of benzene rings is 1. The largest absolute Gasteiger partial charge is 0.454 e. The monoisotopic (exact) mass is 396 g/mol. The maximum Gasteiger partial charge on any atom is 0.352 e. The second-order valence-electron chi connectivity index (χ2n) is 7.06. The number of carbonyl (C=O) groups excluding carboxylic acids is 1. The maximum atomic E-state index is 12.6. The first-order valence-electron chi connectivity index (χ1n) is 9.58. The van der Waals surface area contributed by atoms with Crippen LogP contribution in [0, 0.1) is 0 Å². The molecule has 10 heteroatoms. The molecule has 1 fully saturated rings. The molecule has 0 aliphatic carbocycles. The topological polar surface area (TPSA) is 103 Å². The summed E-state index contributed by atoms with van der Waals surface area (Å²) in [7, 11) is 0. The zero-order valence-electron chi connectivity index (χ0n) is 15.7. The van der Waals surface area contributed by atoms with E-state index in [2.05, 4.69) is 20.3 Å². The number of hydrogen-bond donors (Lipinski definition) is 1. The van der Waals surface area contributed by atoms with E-state index in [0.29, 0.717) is 17.2 Å². The van der Waals surface area contributed by atoms with Crippen molar-refractivity contribution in [1.82, 2.24) is 19.2 Å². The van der Waals surface area contributed by atoms with Gasteiger partial charge < -0.3 is 19.7 Å². The highest BCUT2D eigenvalue weighted by atomic mass is 16.7. The van der Waals surface area contributed by atoms with E-state index in [0.717, 1.165) is 36.4 Å². The van der Waals surface area contributed by atoms with Crippen LogP contribution in [0.25, 0.3) is 5.78 Å². The number of nitrogens with zero attached hydrogens (tertiary/aromatic N) is 5. The van der Waals surface area contributed by atoms with E-state index < -0.39 is 5.69 Å². The Morgan fingerprint density at radius 1 is 1.10 bits per heavy atom. The average Bonchev–Trinajstić information content (AvgIpc) is 3.32. The number of fused-ring (bicyclic) bond motifs is 2. The summed E-state index contributed by atoms with van der Waals surface area (Å²) in [5.41, 5.74) is 0.153. The van der Waals surface area contributed by atoms with Crippen molar-refractivity contribution in [2.24, 2.45) is 0 Å². The minimum absolute atomic E-state index is 0.162. The molecule has 1 saturated heterocycles. The van der Waals surface area contributed by atoms with Gasteiger partial charge in [0, 0.05) is 31.0 Å². The summed E-state index contributed by atoms with van der Waals surface area (Å²) in [4.78, 5) is 31.7. The molecule has 2 aromatic heterocycles. The van der Waals surface area contributed by atoms with Crippen molar-refractivity contribution < 1.29 is 14.3 Å². The van der Waals surface area contributed by atoms with Crippen LogP contribution in [-0.4, -0.2) is 45.0 Å². The molecule has 0 radical (unpaired) electrons. The number of piperidine rings is 1. The van der Waals surface area contributed by atoms with Crippen LogP contribution >= 0.6 is 0 Å². The Morgan fingerprint density at radius 2 is 1.93 bits per heavy atom. The molecule has 0 spiro atoms. The van der Waals surface area contributed by atoms with Crippen molar-refractivity contribution in [3.8, 4) is 11.5 Å². The quantitative estimate of drug-likeness (QED) is 0.708. The van der Waals surface area contributed by atoms with Gasteiger partial charge in [-0.2, -0.15) is 4.98 Å². The van der Waals surface area contributed by atoms with Gasteiger partial charge in [0.1, 0.15) is 12.4 Å². The lowest BCUT2D eigenvalue weighted by molar-refractivity contribution is -0.117. The zero-order chi connectivity index (χ0) is 19.8. The summed E-state index contributed by atoms with van der Waals surface area (Å²) < 4.78 is 13.0. The molecule has 150 valence electrons. The molecular weight excluding hydrogens is 376 g/mol. The van der Waals surface area contributed by atoms with Crippen molar-refractivity contribution in [2.75, 3.05) is 30.1 Å². The Bertz CT molecular complexity index is 1130. The van der Waals surface area contributed by atoms with Crippen molar-refractivity contribution in [2.45, 2.75) is 25.8 Å². The molecule has 2 aliphatic heterocycles. The standard InChI is InChI=1S/C19H20N6O4/c26-17(20-13-4-5-14-15(10-13)29-12-28-14)11-25-19(27)24-9-6-16(21-18(24)22-25)23-7-2-1-3-8-23/h4-6,9-10H,1-3,7-8,11-12H2,(H,20,26). The van der Waals surface area contributed by atoms with E-state index in [4.69, 9.17) is 9.47 Å². The average molecular weight is 396 g/mol. The molecular formula is C19H20N6O4. The van der Waals surface area contributed by atoms with Crippen LogP contribution in [0.1, 0.15) is 19.3 Å². The number of aromatic nitrogens is 4. The fourth-order valence-electron chi connectivity index (χ4n) is 3.61. The lowest BCUT2D eigenvalue weighted by atomic mass is 10.1. The van der Waals surface area contributed by atoms with E-state index in [9.17, 15) is 9.59 Å². The second-order valence-corrected chi connectivity index (χ2v) is 7.06. The lowest BCUT2D eigenvalue weighted by Gasteiger charge is -2.27. The summed E-state index contributed by atoms with van der Waals surface area (Å²) >= 11 is 0. The molecule has 29 heavy (non-hydrogen) atoms. The number of rotatable bonds is 4. The van der Waals surface area contributed by atoms with Gasteiger partial charge in [0.15, 0.2) is 11.5 Å². The van der Waals surface area contributed by atoms with Crippen molar-refractivity contribution in [1.29, 1.82) is 0 Å². The Morgan fingerprint density at radius 3 is 2.79 bits per heavy atom. The number of nitrogens with one attached hydrogen (secondary N) is 1. The molecule has 5 rings (SSSR count). The molecule has 4 heterocycles. The number of anilines is 2. The normalized spacial score (nSPS) is 15.7. The van der Waals surface area contributed by atoms with Gasteiger partial charge in [-0.05, 0) is 37.5 Å². The second kappa shape index (κ2) is 7.12. The molecule has 0 bridgehead atoms. The molecule has 1 aromatic carbocycles. The van der Waals surface area contributed by atoms with Crippen molar-refractivity contribution >= 4 is 23.2 Å². The zero-order valence-corrected chi connectivity index (χ0v) is 15.7. The Labute approximate surface area is 165 Å². The lowest BCUT2D eigenvalue weighted by Crippen LogP contribution is -2.30. The SMILES string of the molecule is O=C(Cn1nc2nc(N3CCCCC3)ccn2c1=O)Nc1ccc2c(c1)OCO2. The molecule has 0 unspecified atom stereocenters. The molecule has 10 nitrogen and oxygen atoms in total. The molecule has 1 amide bonds. The van der Waals surface area contributed by atoms with Crippen LogP contribution < -0.4 is 25.4 Å². The third kappa shape index (κ3) is 3.37. The van der Waals surface area contributed by atoms with Crippen LogP contribution in [0.15, 0.2) is 35.3 Å². The summed E-state index contributed by atoms with van der Waals surface area (Å²) in [6.45, 7) is 1.85. The fourth-order valence-corrected chi connectivity index (χ4v) is 3.61. The van der Waals surface area contributed by atoms with Crippen LogP contribution in [0.5, 0.6) is 11.5 Å². The molecule has 0 saturated carbocycles. The van der Waals surface area contributed by atoms with Crippen molar-refractivity contribution in [3.05, 3.63) is 40.9 Å². The summed E-state index contributed by atoms with van der Waals surface area (Å²) in [6, 6.07) is 6.93. The van der Waals surface area contributed by atoms with Gasteiger partial charge in [0.05, 0.1) is 0 Å². The Balaban J connectivity index is 1.33. The minimum atomic E-state index is -0.404.